The molecule has 0 aliphatic carbocycles. The maximum Gasteiger partial charge on any atom is 0.252 e. The van der Waals surface area contributed by atoms with E-state index in [0.29, 0.717) is 5.56 Å². The van der Waals surface area contributed by atoms with E-state index in [4.69, 9.17) is 5.11 Å². The lowest BCUT2D eigenvalue weighted by atomic mass is 9.97. The molecule has 0 aliphatic heterocycles. The molecule has 0 heterocycles. The Morgan fingerprint density at radius 1 is 1.09 bits per heavy atom. The van der Waals surface area contributed by atoms with Gasteiger partial charge in [0.25, 0.3) is 5.91 Å². The summed E-state index contributed by atoms with van der Waals surface area (Å²) in [7, 11) is 0. The smallest absolute Gasteiger partial charge is 0.252 e. The van der Waals surface area contributed by atoms with Crippen molar-refractivity contribution >= 4 is 11.7 Å². The van der Waals surface area contributed by atoms with Crippen LogP contribution in [0.2, 0.25) is 0 Å². The molecule has 2 N–H and O–H groups in total. The Hall–Kier alpha value is -2.53. The van der Waals surface area contributed by atoms with Gasteiger partial charge in [0.15, 0.2) is 5.78 Å². The van der Waals surface area contributed by atoms with Gasteiger partial charge < -0.3 is 10.4 Å². The summed E-state index contributed by atoms with van der Waals surface area (Å²) in [5, 5.41) is 11.6. The number of benzene rings is 2. The normalized spacial score (nSPS) is 11.8. The zero-order chi connectivity index (χ0) is 16.1. The number of rotatable bonds is 5. The Bertz CT molecular complexity index is 683. The van der Waals surface area contributed by atoms with Gasteiger partial charge in [-0.25, -0.2) is 4.39 Å². The molecule has 0 aromatic heterocycles. The average molecular weight is 301 g/mol. The molecule has 1 unspecified atom stereocenters. The monoisotopic (exact) mass is 301 g/mol. The van der Waals surface area contributed by atoms with Crippen LogP contribution < -0.4 is 5.32 Å². The summed E-state index contributed by atoms with van der Waals surface area (Å²) >= 11 is 0. The number of aliphatic hydroxyl groups excluding tert-OH is 1. The van der Waals surface area contributed by atoms with Crippen molar-refractivity contribution in [2.24, 2.45) is 0 Å². The summed E-state index contributed by atoms with van der Waals surface area (Å²) in [6, 6.07) is 11.1. The van der Waals surface area contributed by atoms with Crippen LogP contribution in [0, 0.1) is 5.82 Å². The molecule has 5 heteroatoms. The SMILES string of the molecule is CC(CO)NC(=O)c1ccccc1C(=O)c1ccc(F)cc1. The number of hydrogen-bond donors (Lipinski definition) is 2. The minimum atomic E-state index is -0.437. The number of ketones is 1. The highest BCUT2D eigenvalue weighted by Crippen LogP contribution is 2.15. The van der Waals surface area contributed by atoms with E-state index < -0.39 is 17.8 Å². The van der Waals surface area contributed by atoms with Crippen molar-refractivity contribution in [1.29, 1.82) is 0 Å². The molecule has 0 aliphatic rings. The number of halogens is 1. The van der Waals surface area contributed by atoms with E-state index in [0.717, 1.165) is 0 Å². The lowest BCUT2D eigenvalue weighted by Crippen LogP contribution is -2.35. The van der Waals surface area contributed by atoms with Gasteiger partial charge in [0.05, 0.1) is 12.2 Å². The molecule has 0 fully saturated rings. The molecule has 2 aromatic carbocycles. The van der Waals surface area contributed by atoms with Crippen LogP contribution >= 0.6 is 0 Å². The summed E-state index contributed by atoms with van der Waals surface area (Å²) in [6.45, 7) is 1.46. The number of hydrogen-bond acceptors (Lipinski definition) is 3. The van der Waals surface area contributed by atoms with E-state index in [1.165, 1.54) is 30.3 Å². The Labute approximate surface area is 127 Å². The zero-order valence-electron chi connectivity index (χ0n) is 12.0. The number of aliphatic hydroxyl groups is 1. The highest BCUT2D eigenvalue weighted by Gasteiger charge is 2.18. The summed E-state index contributed by atoms with van der Waals surface area (Å²) < 4.78 is 12.9. The first kappa shape index (κ1) is 15.9. The van der Waals surface area contributed by atoms with Gasteiger partial charge in [-0.15, -0.1) is 0 Å². The molecule has 0 bridgehead atoms. The second-order valence-corrected chi connectivity index (χ2v) is 4.94. The van der Waals surface area contributed by atoms with Gasteiger partial charge >= 0.3 is 0 Å². The molecule has 2 aromatic rings. The van der Waals surface area contributed by atoms with Crippen LogP contribution in [0.15, 0.2) is 48.5 Å². The quantitative estimate of drug-likeness (QED) is 0.832. The lowest BCUT2D eigenvalue weighted by molar-refractivity contribution is 0.0913. The van der Waals surface area contributed by atoms with Crippen LogP contribution in [-0.2, 0) is 0 Å². The molecule has 4 nitrogen and oxygen atoms in total. The highest BCUT2D eigenvalue weighted by molar-refractivity contribution is 6.15. The standard InChI is InChI=1S/C17H16FNO3/c1-11(10-20)19-17(22)15-5-3-2-4-14(15)16(21)12-6-8-13(18)9-7-12/h2-9,11,20H,10H2,1H3,(H,19,22). The molecular formula is C17H16FNO3. The predicted octanol–water partition coefficient (Wildman–Crippen LogP) is 2.17. The summed E-state index contributed by atoms with van der Waals surface area (Å²) in [6.07, 6.45) is 0. The molecule has 0 saturated carbocycles. The van der Waals surface area contributed by atoms with E-state index in [2.05, 4.69) is 5.32 Å². The molecule has 0 saturated heterocycles. The van der Waals surface area contributed by atoms with E-state index >= 15 is 0 Å². The Morgan fingerprint density at radius 2 is 1.68 bits per heavy atom. The molecule has 114 valence electrons. The van der Waals surface area contributed by atoms with E-state index in [1.54, 1.807) is 25.1 Å². The van der Waals surface area contributed by atoms with Crippen LogP contribution in [0.4, 0.5) is 4.39 Å². The van der Waals surface area contributed by atoms with Crippen molar-refractivity contribution in [1.82, 2.24) is 5.32 Å². The van der Waals surface area contributed by atoms with E-state index in [1.807, 2.05) is 0 Å². The van der Waals surface area contributed by atoms with Crippen LogP contribution in [0.5, 0.6) is 0 Å². The predicted molar refractivity (Wildman–Crippen MR) is 80.3 cm³/mol. The molecule has 2 rings (SSSR count). The van der Waals surface area contributed by atoms with Crippen LogP contribution in [0.3, 0.4) is 0 Å². The third kappa shape index (κ3) is 3.56. The molecule has 22 heavy (non-hydrogen) atoms. The van der Waals surface area contributed by atoms with Gasteiger partial charge in [0.2, 0.25) is 0 Å². The average Bonchev–Trinajstić information content (AvgIpc) is 2.54. The van der Waals surface area contributed by atoms with Crippen molar-refractivity contribution in [3.63, 3.8) is 0 Å². The fraction of sp³-hybridized carbons (Fsp3) is 0.176. The fourth-order valence-electron chi connectivity index (χ4n) is 1.98. The lowest BCUT2D eigenvalue weighted by Gasteiger charge is -2.13. The van der Waals surface area contributed by atoms with Gasteiger partial charge in [-0.05, 0) is 37.3 Å². The second kappa shape index (κ2) is 6.95. The number of amides is 1. The van der Waals surface area contributed by atoms with Gasteiger partial charge in [-0.3, -0.25) is 9.59 Å². The van der Waals surface area contributed by atoms with Gasteiger partial charge in [0, 0.05) is 17.2 Å². The van der Waals surface area contributed by atoms with E-state index in [9.17, 15) is 14.0 Å². The molecular weight excluding hydrogens is 285 g/mol. The third-order valence-corrected chi connectivity index (χ3v) is 3.17. The Kier molecular flexibility index (Phi) is 5.01. The molecule has 0 radical (unpaired) electrons. The van der Waals surface area contributed by atoms with Crippen molar-refractivity contribution in [2.45, 2.75) is 13.0 Å². The summed E-state index contributed by atoms with van der Waals surface area (Å²) in [4.78, 5) is 24.7. The van der Waals surface area contributed by atoms with Gasteiger partial charge in [-0.1, -0.05) is 18.2 Å². The first-order chi connectivity index (χ1) is 10.5. The second-order valence-electron chi connectivity index (χ2n) is 4.94. The molecule has 1 amide bonds. The zero-order valence-corrected chi connectivity index (χ0v) is 12.0. The largest absolute Gasteiger partial charge is 0.394 e. The van der Waals surface area contributed by atoms with Gasteiger partial charge in [-0.2, -0.15) is 0 Å². The number of carbonyl (C=O) groups is 2. The first-order valence-corrected chi connectivity index (χ1v) is 6.84. The minimum Gasteiger partial charge on any atom is -0.394 e. The topological polar surface area (TPSA) is 66.4 Å². The minimum absolute atomic E-state index is 0.195. The van der Waals surface area contributed by atoms with E-state index in [-0.39, 0.29) is 23.5 Å². The molecule has 0 spiro atoms. The summed E-state index contributed by atoms with van der Waals surface area (Å²) in [5.41, 5.74) is 0.755. The Morgan fingerprint density at radius 3 is 2.27 bits per heavy atom. The maximum atomic E-state index is 12.9. The van der Waals surface area contributed by atoms with Crippen LogP contribution in [0.25, 0.3) is 0 Å². The Balaban J connectivity index is 2.33. The number of carbonyl (C=O) groups excluding carboxylic acids is 2. The van der Waals surface area contributed by atoms with Crippen molar-refractivity contribution in [3.8, 4) is 0 Å². The van der Waals surface area contributed by atoms with Crippen molar-refractivity contribution in [2.75, 3.05) is 6.61 Å². The first-order valence-electron chi connectivity index (χ1n) is 6.84. The third-order valence-electron chi connectivity index (χ3n) is 3.17. The van der Waals surface area contributed by atoms with Crippen LogP contribution in [-0.4, -0.2) is 29.4 Å². The van der Waals surface area contributed by atoms with Crippen molar-refractivity contribution < 1.29 is 19.1 Å². The van der Waals surface area contributed by atoms with Crippen LogP contribution in [0.1, 0.15) is 33.2 Å². The van der Waals surface area contributed by atoms with Crippen molar-refractivity contribution in [3.05, 3.63) is 71.0 Å². The fourth-order valence-corrected chi connectivity index (χ4v) is 1.98. The summed E-state index contributed by atoms with van der Waals surface area (Å²) in [5.74, 6) is -1.23. The maximum absolute atomic E-state index is 12.9. The highest BCUT2D eigenvalue weighted by atomic mass is 19.1. The molecule has 1 atom stereocenters. The number of nitrogens with one attached hydrogen (secondary N) is 1. The van der Waals surface area contributed by atoms with Gasteiger partial charge in [0.1, 0.15) is 5.82 Å².